The van der Waals surface area contributed by atoms with Crippen LogP contribution in [0.15, 0.2) is 30.6 Å². The van der Waals surface area contributed by atoms with E-state index in [1.807, 2.05) is 0 Å². The number of carbonyl (C=O) groups excluding carboxylic acids is 1. The Morgan fingerprint density at radius 3 is 3.00 bits per heavy atom. The summed E-state index contributed by atoms with van der Waals surface area (Å²) in [5.74, 6) is -0.0302. The van der Waals surface area contributed by atoms with Gasteiger partial charge in [-0.25, -0.2) is 9.37 Å². The van der Waals surface area contributed by atoms with Gasteiger partial charge in [-0.2, -0.15) is 0 Å². The highest BCUT2D eigenvalue weighted by Gasteiger charge is 2.38. The molecule has 1 aromatic carbocycles. The Hall–Kier alpha value is -1.92. The highest BCUT2D eigenvalue weighted by atomic mass is 35.5. The third-order valence-electron chi connectivity index (χ3n) is 3.85. The number of aromatic amines is 1. The van der Waals surface area contributed by atoms with Crippen molar-refractivity contribution in [1.29, 1.82) is 0 Å². The standard InChI is InChI=1S/C15H15ClFN3O2/c1-22-10-7-13(14-18-4-5-19-14)20(8-10)15(21)11-3-2-9(17)6-12(11)16/h2-6,10,13H,7-8H2,1H3,(H,18,19)/t10-,13?/m1/s1. The minimum absolute atomic E-state index is 0.0710. The highest BCUT2D eigenvalue weighted by molar-refractivity contribution is 6.33. The molecule has 7 heteroatoms. The first-order valence-corrected chi connectivity index (χ1v) is 7.26. The van der Waals surface area contributed by atoms with Crippen LogP contribution in [0.2, 0.25) is 5.02 Å². The molecule has 0 aliphatic carbocycles. The Labute approximate surface area is 132 Å². The molecule has 116 valence electrons. The normalized spacial score (nSPS) is 21.3. The van der Waals surface area contributed by atoms with Crippen molar-refractivity contribution in [3.8, 4) is 0 Å². The molecule has 1 aliphatic rings. The van der Waals surface area contributed by atoms with Crippen molar-refractivity contribution >= 4 is 17.5 Å². The zero-order valence-corrected chi connectivity index (χ0v) is 12.7. The number of aromatic nitrogens is 2. The predicted octanol–water partition coefficient (Wildman–Crippen LogP) is 2.80. The van der Waals surface area contributed by atoms with Crippen molar-refractivity contribution in [2.45, 2.75) is 18.6 Å². The van der Waals surface area contributed by atoms with E-state index in [0.29, 0.717) is 18.8 Å². The summed E-state index contributed by atoms with van der Waals surface area (Å²) in [6.45, 7) is 0.439. The molecule has 0 radical (unpaired) electrons. The van der Waals surface area contributed by atoms with E-state index in [1.54, 1.807) is 24.4 Å². The molecule has 0 bridgehead atoms. The number of hydrogen-bond acceptors (Lipinski definition) is 3. The third kappa shape index (κ3) is 2.71. The van der Waals surface area contributed by atoms with Crippen LogP contribution in [0.5, 0.6) is 0 Å². The number of likely N-dealkylation sites (tertiary alicyclic amines) is 1. The van der Waals surface area contributed by atoms with E-state index >= 15 is 0 Å². The fraction of sp³-hybridized carbons (Fsp3) is 0.333. The lowest BCUT2D eigenvalue weighted by atomic mass is 10.1. The third-order valence-corrected chi connectivity index (χ3v) is 4.17. The first kappa shape index (κ1) is 15.0. The fourth-order valence-corrected chi connectivity index (χ4v) is 2.98. The summed E-state index contributed by atoms with van der Waals surface area (Å²) in [5.41, 5.74) is 0.274. The predicted molar refractivity (Wildman–Crippen MR) is 79.2 cm³/mol. The summed E-state index contributed by atoms with van der Waals surface area (Å²) < 4.78 is 18.5. The van der Waals surface area contributed by atoms with Crippen LogP contribution in [0, 0.1) is 5.82 Å². The quantitative estimate of drug-likeness (QED) is 0.945. The lowest BCUT2D eigenvalue weighted by molar-refractivity contribution is 0.0684. The molecule has 3 rings (SSSR count). The SMILES string of the molecule is CO[C@@H]1CC(c2ncc[nH]2)N(C(=O)c2ccc(F)cc2Cl)C1. The molecule has 2 heterocycles. The number of ether oxygens (including phenoxy) is 1. The summed E-state index contributed by atoms with van der Waals surface area (Å²) in [7, 11) is 1.61. The van der Waals surface area contributed by atoms with Gasteiger partial charge in [0.25, 0.3) is 5.91 Å². The van der Waals surface area contributed by atoms with Crippen LogP contribution in [-0.4, -0.2) is 40.5 Å². The number of nitrogens with zero attached hydrogens (tertiary/aromatic N) is 2. The van der Waals surface area contributed by atoms with Crippen LogP contribution in [-0.2, 0) is 4.74 Å². The first-order chi connectivity index (χ1) is 10.6. The molecule has 22 heavy (non-hydrogen) atoms. The van der Waals surface area contributed by atoms with Gasteiger partial charge >= 0.3 is 0 Å². The average molecular weight is 324 g/mol. The number of nitrogens with one attached hydrogen (secondary N) is 1. The Morgan fingerprint density at radius 1 is 1.55 bits per heavy atom. The molecule has 1 aromatic heterocycles. The first-order valence-electron chi connectivity index (χ1n) is 6.88. The summed E-state index contributed by atoms with van der Waals surface area (Å²) in [6, 6.07) is 3.55. The van der Waals surface area contributed by atoms with Crippen molar-refractivity contribution in [2.75, 3.05) is 13.7 Å². The Bertz CT molecular complexity index is 677. The zero-order valence-electron chi connectivity index (χ0n) is 11.9. The largest absolute Gasteiger partial charge is 0.380 e. The molecule has 5 nitrogen and oxygen atoms in total. The van der Waals surface area contributed by atoms with E-state index in [1.165, 1.54) is 12.1 Å². The van der Waals surface area contributed by atoms with Gasteiger partial charge in [-0.1, -0.05) is 11.6 Å². The maximum atomic E-state index is 13.2. The van der Waals surface area contributed by atoms with Crippen molar-refractivity contribution in [2.24, 2.45) is 0 Å². The van der Waals surface area contributed by atoms with Crippen LogP contribution in [0.25, 0.3) is 0 Å². The summed E-state index contributed by atoms with van der Waals surface area (Å²) in [4.78, 5) is 21.7. The summed E-state index contributed by atoms with van der Waals surface area (Å²) in [5, 5.41) is 0.101. The van der Waals surface area contributed by atoms with Crippen LogP contribution in [0.1, 0.15) is 28.6 Å². The Balaban J connectivity index is 1.92. The summed E-state index contributed by atoms with van der Waals surface area (Å²) >= 11 is 6.00. The van der Waals surface area contributed by atoms with Crippen molar-refractivity contribution in [3.63, 3.8) is 0 Å². The van der Waals surface area contributed by atoms with Crippen LogP contribution in [0.4, 0.5) is 4.39 Å². The van der Waals surface area contributed by atoms with Crippen LogP contribution < -0.4 is 0 Å². The lowest BCUT2D eigenvalue weighted by Crippen LogP contribution is -2.32. The van der Waals surface area contributed by atoms with Crippen LogP contribution >= 0.6 is 11.6 Å². The maximum Gasteiger partial charge on any atom is 0.256 e. The topological polar surface area (TPSA) is 58.2 Å². The number of rotatable bonds is 3. The second-order valence-electron chi connectivity index (χ2n) is 5.17. The van der Waals surface area contributed by atoms with E-state index in [0.717, 1.165) is 6.07 Å². The molecule has 1 aliphatic heterocycles. The van der Waals surface area contributed by atoms with Gasteiger partial charge in [0.2, 0.25) is 0 Å². The summed E-state index contributed by atoms with van der Waals surface area (Å²) in [6.07, 6.45) is 3.93. The zero-order chi connectivity index (χ0) is 15.7. The maximum absolute atomic E-state index is 13.2. The molecule has 1 unspecified atom stereocenters. The molecule has 1 saturated heterocycles. The van der Waals surface area contributed by atoms with Crippen molar-refractivity contribution < 1.29 is 13.9 Å². The Morgan fingerprint density at radius 2 is 2.36 bits per heavy atom. The van der Waals surface area contributed by atoms with Gasteiger partial charge in [0, 0.05) is 32.5 Å². The van der Waals surface area contributed by atoms with E-state index in [9.17, 15) is 9.18 Å². The van der Waals surface area contributed by atoms with Gasteiger partial charge in [-0.3, -0.25) is 4.79 Å². The number of halogens is 2. The van der Waals surface area contributed by atoms with Gasteiger partial charge < -0.3 is 14.6 Å². The van der Waals surface area contributed by atoms with E-state index in [4.69, 9.17) is 16.3 Å². The number of benzene rings is 1. The number of amides is 1. The van der Waals surface area contributed by atoms with E-state index in [-0.39, 0.29) is 28.6 Å². The number of carbonyl (C=O) groups is 1. The molecular weight excluding hydrogens is 309 g/mol. The van der Waals surface area contributed by atoms with Gasteiger partial charge in [0.05, 0.1) is 22.7 Å². The second-order valence-corrected chi connectivity index (χ2v) is 5.57. The van der Waals surface area contributed by atoms with Crippen molar-refractivity contribution in [1.82, 2.24) is 14.9 Å². The smallest absolute Gasteiger partial charge is 0.256 e. The van der Waals surface area contributed by atoms with Crippen molar-refractivity contribution in [3.05, 3.63) is 52.8 Å². The minimum Gasteiger partial charge on any atom is -0.380 e. The molecule has 0 saturated carbocycles. The van der Waals surface area contributed by atoms with E-state index < -0.39 is 5.82 Å². The lowest BCUT2D eigenvalue weighted by Gasteiger charge is -2.23. The number of hydrogen-bond donors (Lipinski definition) is 1. The van der Waals surface area contributed by atoms with E-state index in [2.05, 4.69) is 9.97 Å². The molecule has 0 spiro atoms. The van der Waals surface area contributed by atoms with Gasteiger partial charge in [-0.15, -0.1) is 0 Å². The fourth-order valence-electron chi connectivity index (χ4n) is 2.73. The number of methoxy groups -OCH3 is 1. The highest BCUT2D eigenvalue weighted by Crippen LogP contribution is 2.33. The minimum atomic E-state index is -0.472. The monoisotopic (exact) mass is 323 g/mol. The number of imidazole rings is 1. The van der Waals surface area contributed by atoms with Gasteiger partial charge in [0.15, 0.2) is 0 Å². The molecular formula is C15H15ClFN3O2. The average Bonchev–Trinajstić information content (AvgIpc) is 3.15. The molecule has 1 amide bonds. The second kappa shape index (κ2) is 6.06. The molecule has 1 N–H and O–H groups in total. The number of H-pyrrole nitrogens is 1. The van der Waals surface area contributed by atoms with Gasteiger partial charge in [0.1, 0.15) is 11.6 Å². The molecule has 1 fully saturated rings. The Kier molecular flexibility index (Phi) is 4.13. The molecule has 2 atom stereocenters. The van der Waals surface area contributed by atoms with Crippen LogP contribution in [0.3, 0.4) is 0 Å². The van der Waals surface area contributed by atoms with Gasteiger partial charge in [-0.05, 0) is 18.2 Å². The molecule has 2 aromatic rings.